The minimum atomic E-state index is -0.306. The fraction of sp³-hybridized carbons (Fsp3) is 0.591. The molecule has 0 saturated heterocycles. The van der Waals surface area contributed by atoms with Crippen molar-refractivity contribution in [3.05, 3.63) is 35.9 Å². The number of hydrogen-bond acceptors (Lipinski definition) is 5. The molecule has 1 fully saturated rings. The average Bonchev–Trinajstić information content (AvgIpc) is 3.15. The Labute approximate surface area is 182 Å². The van der Waals surface area contributed by atoms with Gasteiger partial charge < -0.3 is 5.32 Å². The van der Waals surface area contributed by atoms with Crippen molar-refractivity contribution in [1.29, 1.82) is 0 Å². The van der Waals surface area contributed by atoms with Gasteiger partial charge in [0.05, 0.1) is 11.3 Å². The maximum Gasteiger partial charge on any atom is 0.233 e. The number of nitrogens with zero attached hydrogens (tertiary/aromatic N) is 4. The van der Waals surface area contributed by atoms with Gasteiger partial charge in [0, 0.05) is 12.2 Å². The summed E-state index contributed by atoms with van der Waals surface area (Å²) in [6.45, 7) is 4.68. The lowest BCUT2D eigenvalue weighted by Crippen LogP contribution is -2.35. The van der Waals surface area contributed by atoms with Gasteiger partial charge in [-0.2, -0.15) is 0 Å². The first-order chi connectivity index (χ1) is 14.4. The number of amides is 1. The van der Waals surface area contributed by atoms with Gasteiger partial charge in [-0.1, -0.05) is 31.0 Å². The molecule has 6 nitrogen and oxygen atoms in total. The van der Waals surface area contributed by atoms with Crippen molar-refractivity contribution in [2.45, 2.75) is 62.4 Å². The highest BCUT2D eigenvalue weighted by molar-refractivity contribution is 8.00. The lowest BCUT2D eigenvalue weighted by atomic mass is 9.89. The third-order valence-electron chi connectivity index (χ3n) is 5.83. The van der Waals surface area contributed by atoms with E-state index in [1.54, 1.807) is 12.1 Å². The highest BCUT2D eigenvalue weighted by Gasteiger charge is 2.25. The Morgan fingerprint density at radius 2 is 1.87 bits per heavy atom. The van der Waals surface area contributed by atoms with Gasteiger partial charge in [-0.15, -0.1) is 10.2 Å². The summed E-state index contributed by atoms with van der Waals surface area (Å²) in [6, 6.07) is 6.28. The zero-order chi connectivity index (χ0) is 21.7. The molecule has 1 aromatic carbocycles. The fourth-order valence-corrected chi connectivity index (χ4v) is 4.58. The number of aromatic nitrogens is 3. The van der Waals surface area contributed by atoms with E-state index in [2.05, 4.69) is 15.5 Å². The van der Waals surface area contributed by atoms with Crippen LogP contribution < -0.4 is 5.32 Å². The third-order valence-corrected chi connectivity index (χ3v) is 6.88. The van der Waals surface area contributed by atoms with Crippen LogP contribution >= 0.6 is 11.8 Å². The zero-order valence-corrected chi connectivity index (χ0v) is 19.1. The normalized spacial score (nSPS) is 17.1. The number of hydrogen-bond donors (Lipinski definition) is 1. The second kappa shape index (κ2) is 10.4. The standard InChI is InChI=1S/C22H32FN5OS/c1-15(27(3)4)20-25-26-22(28(20)19-12-10-18(23)11-13-19)30-16(2)21(29)24-14-17-8-6-5-7-9-17/h10-13,15-17H,5-9,14H2,1-4H3,(H,24,29)/t15-,16+/m0/s1. The fourth-order valence-electron chi connectivity index (χ4n) is 3.68. The molecule has 30 heavy (non-hydrogen) atoms. The van der Waals surface area contributed by atoms with Gasteiger partial charge in [0.25, 0.3) is 0 Å². The number of halogens is 1. The minimum absolute atomic E-state index is 0.00679. The third kappa shape index (κ3) is 5.60. The highest BCUT2D eigenvalue weighted by atomic mass is 32.2. The van der Waals surface area contributed by atoms with Crippen LogP contribution in [0.25, 0.3) is 5.69 Å². The van der Waals surface area contributed by atoms with Gasteiger partial charge in [0.1, 0.15) is 5.82 Å². The summed E-state index contributed by atoms with van der Waals surface area (Å²) in [4.78, 5) is 14.7. The largest absolute Gasteiger partial charge is 0.355 e. The van der Waals surface area contributed by atoms with Gasteiger partial charge >= 0.3 is 0 Å². The molecule has 1 saturated carbocycles. The molecule has 1 N–H and O–H groups in total. The molecule has 8 heteroatoms. The molecule has 1 aliphatic carbocycles. The number of rotatable bonds is 8. The number of carbonyl (C=O) groups is 1. The molecule has 1 aromatic heterocycles. The lowest BCUT2D eigenvalue weighted by Gasteiger charge is -2.23. The van der Waals surface area contributed by atoms with E-state index in [0.717, 1.165) is 18.1 Å². The van der Waals surface area contributed by atoms with Gasteiger partial charge in [0.2, 0.25) is 5.91 Å². The monoisotopic (exact) mass is 433 g/mol. The van der Waals surface area contributed by atoms with Crippen molar-refractivity contribution in [3.8, 4) is 5.69 Å². The summed E-state index contributed by atoms with van der Waals surface area (Å²) in [5.74, 6) is 1.07. The maximum atomic E-state index is 13.5. The summed E-state index contributed by atoms with van der Waals surface area (Å²) < 4.78 is 15.4. The van der Waals surface area contributed by atoms with Crippen LogP contribution in [0, 0.1) is 11.7 Å². The van der Waals surface area contributed by atoms with Crippen LogP contribution in [0.3, 0.4) is 0 Å². The van der Waals surface area contributed by atoms with E-state index < -0.39 is 0 Å². The van der Waals surface area contributed by atoms with Gasteiger partial charge in [0.15, 0.2) is 11.0 Å². The zero-order valence-electron chi connectivity index (χ0n) is 18.3. The molecule has 2 aromatic rings. The predicted molar refractivity (Wildman–Crippen MR) is 118 cm³/mol. The van der Waals surface area contributed by atoms with Crippen molar-refractivity contribution in [1.82, 2.24) is 25.0 Å². The number of thioether (sulfide) groups is 1. The van der Waals surface area contributed by atoms with E-state index in [0.29, 0.717) is 11.1 Å². The molecule has 0 radical (unpaired) electrons. The summed E-state index contributed by atoms with van der Waals surface area (Å²) in [7, 11) is 3.95. The Balaban J connectivity index is 1.75. The van der Waals surface area contributed by atoms with E-state index in [-0.39, 0.29) is 23.0 Å². The van der Waals surface area contributed by atoms with Crippen molar-refractivity contribution >= 4 is 17.7 Å². The highest BCUT2D eigenvalue weighted by Crippen LogP contribution is 2.29. The topological polar surface area (TPSA) is 63.1 Å². The second-order valence-corrected chi connectivity index (χ2v) is 9.61. The van der Waals surface area contributed by atoms with Crippen LogP contribution in [0.2, 0.25) is 0 Å². The first-order valence-corrected chi connectivity index (χ1v) is 11.6. The molecule has 0 bridgehead atoms. The molecule has 1 aliphatic rings. The average molecular weight is 434 g/mol. The molecule has 0 aliphatic heterocycles. The second-order valence-electron chi connectivity index (χ2n) is 8.30. The van der Waals surface area contributed by atoms with E-state index in [4.69, 9.17) is 0 Å². The van der Waals surface area contributed by atoms with Crippen LogP contribution in [0.5, 0.6) is 0 Å². The van der Waals surface area contributed by atoms with Crippen LogP contribution in [-0.4, -0.2) is 51.5 Å². The molecule has 0 unspecified atom stereocenters. The van der Waals surface area contributed by atoms with E-state index >= 15 is 0 Å². The molecule has 1 heterocycles. The SMILES string of the molecule is C[C@@H](Sc1nnc([C@H](C)N(C)C)n1-c1ccc(F)cc1)C(=O)NCC1CCCCC1. The Hall–Kier alpha value is -1.93. The summed E-state index contributed by atoms with van der Waals surface area (Å²) in [5.41, 5.74) is 0.780. The summed E-state index contributed by atoms with van der Waals surface area (Å²) in [6.07, 6.45) is 6.24. The minimum Gasteiger partial charge on any atom is -0.355 e. The van der Waals surface area contributed by atoms with E-state index in [9.17, 15) is 9.18 Å². The molecular formula is C22H32FN5OS. The molecule has 2 atom stereocenters. The quantitative estimate of drug-likeness (QED) is 0.632. The maximum absolute atomic E-state index is 13.5. The Morgan fingerprint density at radius 3 is 2.50 bits per heavy atom. The molecule has 0 spiro atoms. The van der Waals surface area contributed by atoms with Crippen LogP contribution in [-0.2, 0) is 4.79 Å². The van der Waals surface area contributed by atoms with Crippen molar-refractivity contribution < 1.29 is 9.18 Å². The summed E-state index contributed by atoms with van der Waals surface area (Å²) in [5, 5.41) is 12.2. The van der Waals surface area contributed by atoms with Gasteiger partial charge in [-0.25, -0.2) is 4.39 Å². The van der Waals surface area contributed by atoms with Crippen LogP contribution in [0.15, 0.2) is 29.4 Å². The van der Waals surface area contributed by atoms with Crippen LogP contribution in [0.1, 0.15) is 57.8 Å². The van der Waals surface area contributed by atoms with Gasteiger partial charge in [-0.05, 0) is 71.0 Å². The first-order valence-electron chi connectivity index (χ1n) is 10.7. The van der Waals surface area contributed by atoms with Crippen molar-refractivity contribution in [2.24, 2.45) is 5.92 Å². The van der Waals surface area contributed by atoms with Crippen molar-refractivity contribution in [3.63, 3.8) is 0 Å². The smallest absolute Gasteiger partial charge is 0.233 e. The Morgan fingerprint density at radius 1 is 1.20 bits per heavy atom. The predicted octanol–water partition coefficient (Wildman–Crippen LogP) is 4.21. The van der Waals surface area contributed by atoms with Crippen LogP contribution in [0.4, 0.5) is 4.39 Å². The molecule has 164 valence electrons. The molecule has 1 amide bonds. The lowest BCUT2D eigenvalue weighted by molar-refractivity contribution is -0.120. The Bertz CT molecular complexity index is 833. The van der Waals surface area contributed by atoms with Gasteiger partial charge in [-0.3, -0.25) is 14.3 Å². The number of carbonyl (C=O) groups excluding carboxylic acids is 1. The first kappa shape index (κ1) is 22.7. The van der Waals surface area contributed by atoms with Crippen molar-refractivity contribution in [2.75, 3.05) is 20.6 Å². The van der Waals surface area contributed by atoms with E-state index in [1.165, 1.54) is 56.0 Å². The Kier molecular flexibility index (Phi) is 7.88. The molecular weight excluding hydrogens is 401 g/mol. The summed E-state index contributed by atoms with van der Waals surface area (Å²) >= 11 is 1.38. The molecule has 3 rings (SSSR count). The van der Waals surface area contributed by atoms with E-state index in [1.807, 2.05) is 37.4 Å². The number of nitrogens with one attached hydrogen (secondary N) is 1. The number of benzene rings is 1.